The van der Waals surface area contributed by atoms with Crippen LogP contribution in [0.1, 0.15) is 13.8 Å². The fraction of sp³-hybridized carbons (Fsp3) is 0.600. The van der Waals surface area contributed by atoms with E-state index in [0.29, 0.717) is 11.2 Å². The van der Waals surface area contributed by atoms with Gasteiger partial charge in [-0.3, -0.25) is 4.99 Å². The summed E-state index contributed by atoms with van der Waals surface area (Å²) in [5, 5.41) is 0.531. The van der Waals surface area contributed by atoms with Gasteiger partial charge in [-0.05, 0) is 24.2 Å². The van der Waals surface area contributed by atoms with Crippen molar-refractivity contribution in [3.63, 3.8) is 0 Å². The van der Waals surface area contributed by atoms with Crippen LogP contribution in [0.2, 0.25) is 5.15 Å². The molecule has 0 N–H and O–H groups in total. The lowest BCUT2D eigenvalue weighted by molar-refractivity contribution is 0.811. The number of halogens is 1. The number of hydrogen-bond acceptors (Lipinski definition) is 4. The second-order valence-corrected chi connectivity index (χ2v) is 4.26. The van der Waals surface area contributed by atoms with Gasteiger partial charge in [0.25, 0.3) is 0 Å². The maximum Gasteiger partial charge on any atom is 0.179 e. The molecule has 0 spiro atoms. The molecule has 1 heterocycles. The van der Waals surface area contributed by atoms with Gasteiger partial charge in [0.15, 0.2) is 9.82 Å². The highest BCUT2D eigenvalue weighted by molar-refractivity contribution is 7.66. The van der Waals surface area contributed by atoms with E-state index in [4.69, 9.17) is 11.6 Å². The van der Waals surface area contributed by atoms with E-state index in [1.807, 2.05) is 13.8 Å². The van der Waals surface area contributed by atoms with Crippen LogP contribution in [-0.2, 0) is 0 Å². The molecule has 0 amide bonds. The first-order valence-electron chi connectivity index (χ1n) is 2.85. The molecule has 2 nitrogen and oxygen atoms in total. The normalized spacial score (nSPS) is 13.0. The van der Waals surface area contributed by atoms with E-state index < -0.39 is 0 Å². The molecule has 0 unspecified atom stereocenters. The number of rotatable bonds is 1. The Bertz CT molecular complexity index is 263. The lowest BCUT2D eigenvalue weighted by Crippen LogP contribution is -2.00. The number of hydrogen-bond donors (Lipinski definition) is 0. The van der Waals surface area contributed by atoms with E-state index in [-0.39, 0.29) is 0 Å². The fourth-order valence-electron chi connectivity index (χ4n) is 0.469. The Balaban J connectivity index is 3.03. The summed E-state index contributed by atoms with van der Waals surface area (Å²) in [7, 11) is 2.88. The molecular weight excluding hydrogens is 188 g/mol. The van der Waals surface area contributed by atoms with E-state index in [1.165, 1.54) is 20.9 Å². The highest BCUT2D eigenvalue weighted by Gasteiger charge is 1.96. The third-order valence-electron chi connectivity index (χ3n) is 0.786. The van der Waals surface area contributed by atoms with Crippen molar-refractivity contribution >= 4 is 32.5 Å². The van der Waals surface area contributed by atoms with Gasteiger partial charge in [0.05, 0.1) is 0 Å². The van der Waals surface area contributed by atoms with Crippen LogP contribution in [0, 0.1) is 0 Å². The Labute approximate surface area is 71.8 Å². The first kappa shape index (κ1) is 8.17. The second-order valence-electron chi connectivity index (χ2n) is 2.07. The quantitative estimate of drug-likeness (QED) is 0.630. The molecule has 56 valence electrons. The first-order valence-corrected chi connectivity index (χ1v) is 5.34. The van der Waals surface area contributed by atoms with E-state index in [1.54, 1.807) is 0 Å². The van der Waals surface area contributed by atoms with E-state index >= 15 is 0 Å². The lowest BCUT2D eigenvalue weighted by Gasteiger charge is -1.89. The minimum atomic E-state index is 0.296. The molecular formula is C5H7ClN2S2. The molecule has 0 fully saturated rings. The molecule has 1 rings (SSSR count). The van der Waals surface area contributed by atoms with Crippen molar-refractivity contribution in [2.75, 3.05) is 0 Å². The smallest absolute Gasteiger partial charge is 0.179 e. The van der Waals surface area contributed by atoms with Crippen LogP contribution in [0.15, 0.2) is 4.99 Å². The Hall–Kier alpha value is 0.0700. The predicted octanol–water partition coefficient (Wildman–Crippen LogP) is 2.17. The Morgan fingerprint density at radius 3 is 2.70 bits per heavy atom. The van der Waals surface area contributed by atoms with Gasteiger partial charge < -0.3 is 0 Å². The van der Waals surface area contributed by atoms with Crippen LogP contribution in [0.4, 0.5) is 0 Å². The number of aromatic nitrogens is 1. The average molecular weight is 195 g/mol. The zero-order valence-corrected chi connectivity index (χ0v) is 8.06. The fourth-order valence-corrected chi connectivity index (χ4v) is 2.60. The molecule has 1 aromatic rings. The van der Waals surface area contributed by atoms with Crippen molar-refractivity contribution in [2.24, 2.45) is 4.99 Å². The van der Waals surface area contributed by atoms with Crippen molar-refractivity contribution in [1.29, 1.82) is 0 Å². The molecule has 0 atom stereocenters. The summed E-state index contributed by atoms with van der Waals surface area (Å²) in [6.07, 6.45) is 0. The van der Waals surface area contributed by atoms with E-state index in [9.17, 15) is 0 Å². The second kappa shape index (κ2) is 3.46. The largest absolute Gasteiger partial charge is 0.268 e. The predicted molar refractivity (Wildman–Crippen MR) is 45.7 cm³/mol. The van der Waals surface area contributed by atoms with Crippen molar-refractivity contribution in [1.82, 2.24) is 4.37 Å². The van der Waals surface area contributed by atoms with Gasteiger partial charge >= 0.3 is 0 Å². The highest BCUT2D eigenvalue weighted by Crippen LogP contribution is 2.05. The molecule has 0 bridgehead atoms. The summed E-state index contributed by atoms with van der Waals surface area (Å²) >= 11 is 5.70. The summed E-state index contributed by atoms with van der Waals surface area (Å²) < 4.78 is 4.75. The molecule has 0 aliphatic rings. The van der Waals surface area contributed by atoms with Gasteiger partial charge in [-0.15, -0.1) is 0 Å². The maximum atomic E-state index is 5.70. The Morgan fingerprint density at radius 1 is 1.60 bits per heavy atom. The van der Waals surface area contributed by atoms with Gasteiger partial charge in [-0.25, -0.2) is 0 Å². The third-order valence-corrected chi connectivity index (χ3v) is 2.97. The molecule has 5 heteroatoms. The molecule has 0 aliphatic carbocycles. The van der Waals surface area contributed by atoms with Crippen LogP contribution < -0.4 is 4.67 Å². The summed E-state index contributed by atoms with van der Waals surface area (Å²) in [5.41, 5.74) is 0. The topological polar surface area (TPSA) is 25.2 Å². The Morgan fingerprint density at radius 2 is 2.30 bits per heavy atom. The van der Waals surface area contributed by atoms with E-state index in [0.717, 1.165) is 4.67 Å². The molecule has 0 aliphatic heterocycles. The molecule has 0 aromatic carbocycles. The molecule has 0 radical (unpaired) electrons. The van der Waals surface area contributed by atoms with Crippen LogP contribution in [0.3, 0.4) is 0 Å². The van der Waals surface area contributed by atoms with Gasteiger partial charge in [-0.2, -0.15) is 4.37 Å². The summed E-state index contributed by atoms with van der Waals surface area (Å²) in [6.45, 7) is 4.03. The van der Waals surface area contributed by atoms with Crippen molar-refractivity contribution in [3.05, 3.63) is 9.82 Å². The lowest BCUT2D eigenvalue weighted by atomic mass is 10.4. The van der Waals surface area contributed by atoms with Gasteiger partial charge in [0.1, 0.15) is 0 Å². The molecule has 1 aromatic heterocycles. The molecule has 0 saturated carbocycles. The SMILES string of the molecule is CC(C)N=c1ssnc1Cl. The summed E-state index contributed by atoms with van der Waals surface area (Å²) in [5.74, 6) is 0. The standard InChI is InChI=1S/C5H7ClN2S2/c1-3(2)7-5-4(6)8-10-9-5/h3H,1-2H3. The van der Waals surface area contributed by atoms with Gasteiger partial charge in [-0.1, -0.05) is 11.6 Å². The third kappa shape index (κ3) is 2.04. The Kier molecular flexibility index (Phi) is 2.82. The minimum Gasteiger partial charge on any atom is -0.268 e. The van der Waals surface area contributed by atoms with Crippen LogP contribution in [0.25, 0.3) is 0 Å². The zero-order chi connectivity index (χ0) is 7.56. The summed E-state index contributed by atoms with van der Waals surface area (Å²) in [4.78, 5) is 4.25. The van der Waals surface area contributed by atoms with Crippen molar-refractivity contribution < 1.29 is 0 Å². The van der Waals surface area contributed by atoms with E-state index in [2.05, 4.69) is 9.37 Å². The van der Waals surface area contributed by atoms with Crippen LogP contribution >= 0.6 is 32.5 Å². The average Bonchev–Trinajstić information content (AvgIpc) is 2.15. The van der Waals surface area contributed by atoms with Gasteiger partial charge in [0, 0.05) is 16.6 Å². The monoisotopic (exact) mass is 194 g/mol. The van der Waals surface area contributed by atoms with Gasteiger partial charge in [0.2, 0.25) is 0 Å². The molecule has 10 heavy (non-hydrogen) atoms. The van der Waals surface area contributed by atoms with Crippen LogP contribution in [0.5, 0.6) is 0 Å². The van der Waals surface area contributed by atoms with Crippen molar-refractivity contribution in [3.8, 4) is 0 Å². The minimum absolute atomic E-state index is 0.296. The molecule has 0 saturated heterocycles. The highest BCUT2D eigenvalue weighted by atomic mass is 35.5. The van der Waals surface area contributed by atoms with Crippen LogP contribution in [-0.4, -0.2) is 10.4 Å². The maximum absolute atomic E-state index is 5.70. The van der Waals surface area contributed by atoms with Crippen molar-refractivity contribution in [2.45, 2.75) is 19.9 Å². The summed E-state index contributed by atoms with van der Waals surface area (Å²) in [6, 6.07) is 0.296. The number of nitrogens with zero attached hydrogens (tertiary/aromatic N) is 2. The zero-order valence-electron chi connectivity index (χ0n) is 5.67. The first-order chi connectivity index (χ1) is 4.70.